The summed E-state index contributed by atoms with van der Waals surface area (Å²) in [5.74, 6) is 0.704. The number of hydrogen-bond acceptors (Lipinski definition) is 5. The van der Waals surface area contributed by atoms with Crippen molar-refractivity contribution < 1.29 is 4.79 Å². The molecule has 1 amide bonds. The Bertz CT molecular complexity index is 1390. The Morgan fingerprint density at radius 2 is 1.94 bits per heavy atom. The van der Waals surface area contributed by atoms with Crippen LogP contribution in [-0.4, -0.2) is 35.4 Å². The van der Waals surface area contributed by atoms with E-state index in [1.54, 1.807) is 10.7 Å². The number of benzene rings is 1. The minimum atomic E-state index is -0.317. The van der Waals surface area contributed by atoms with Crippen LogP contribution in [0.1, 0.15) is 42.5 Å². The van der Waals surface area contributed by atoms with Gasteiger partial charge in [0.05, 0.1) is 17.6 Å². The second-order valence-electron chi connectivity index (χ2n) is 8.46. The van der Waals surface area contributed by atoms with Gasteiger partial charge in [-0.2, -0.15) is 19.9 Å². The normalized spacial score (nSPS) is 14.3. The van der Waals surface area contributed by atoms with E-state index in [0.717, 1.165) is 42.5 Å². The van der Waals surface area contributed by atoms with Gasteiger partial charge in [0.15, 0.2) is 5.65 Å². The Morgan fingerprint density at radius 1 is 1.16 bits per heavy atom. The average molecular weight is 432 g/mol. The summed E-state index contributed by atoms with van der Waals surface area (Å²) < 4.78 is 3.15. The quantitative estimate of drug-likeness (QED) is 0.515. The van der Waals surface area contributed by atoms with Gasteiger partial charge < -0.3 is 5.32 Å². The molecule has 0 aliphatic heterocycles. The summed E-state index contributed by atoms with van der Waals surface area (Å²) in [5.41, 5.74) is 3.85. The number of nitrogens with zero attached hydrogens (tertiary/aromatic N) is 5. The van der Waals surface area contributed by atoms with Crippen LogP contribution in [0.5, 0.6) is 0 Å². The lowest BCUT2D eigenvalue weighted by Gasteiger charge is -2.12. The van der Waals surface area contributed by atoms with E-state index in [4.69, 9.17) is 0 Å². The van der Waals surface area contributed by atoms with E-state index in [2.05, 4.69) is 25.5 Å². The number of anilines is 1. The molecule has 0 bridgehead atoms. The van der Waals surface area contributed by atoms with Crippen molar-refractivity contribution in [3.63, 3.8) is 0 Å². The number of aromatic amines is 1. The molecule has 0 spiro atoms. The maximum absolute atomic E-state index is 12.8. The molecule has 164 valence electrons. The number of H-pyrrole nitrogens is 1. The Kier molecular flexibility index (Phi) is 4.88. The van der Waals surface area contributed by atoms with Crippen LogP contribution in [0.2, 0.25) is 0 Å². The lowest BCUT2D eigenvalue weighted by Crippen LogP contribution is -2.23. The molecule has 9 nitrogen and oxygen atoms in total. The Labute approximate surface area is 184 Å². The predicted octanol–water partition coefficient (Wildman–Crippen LogP) is 3.35. The fourth-order valence-electron chi connectivity index (χ4n) is 4.31. The number of fused-ring (bicyclic) bond motifs is 1. The molecule has 1 aromatic carbocycles. The molecule has 1 aliphatic carbocycles. The fourth-order valence-corrected chi connectivity index (χ4v) is 4.31. The first-order chi connectivity index (χ1) is 15.4. The van der Waals surface area contributed by atoms with Crippen molar-refractivity contribution in [1.29, 1.82) is 0 Å². The van der Waals surface area contributed by atoms with E-state index in [-0.39, 0.29) is 23.3 Å². The number of hydrogen-bond donors (Lipinski definition) is 2. The van der Waals surface area contributed by atoms with E-state index in [1.807, 2.05) is 39.0 Å². The summed E-state index contributed by atoms with van der Waals surface area (Å²) >= 11 is 0. The van der Waals surface area contributed by atoms with Crippen LogP contribution in [0.25, 0.3) is 22.7 Å². The lowest BCUT2D eigenvalue weighted by atomic mass is 10.1. The van der Waals surface area contributed by atoms with Gasteiger partial charge in [-0.05, 0) is 50.8 Å². The zero-order valence-electron chi connectivity index (χ0n) is 18.3. The van der Waals surface area contributed by atoms with Crippen molar-refractivity contribution in [2.45, 2.75) is 46.5 Å². The zero-order chi connectivity index (χ0) is 22.4. The van der Waals surface area contributed by atoms with Crippen LogP contribution in [0.3, 0.4) is 0 Å². The highest BCUT2D eigenvalue weighted by molar-refractivity contribution is 5.92. The highest BCUT2D eigenvalue weighted by Crippen LogP contribution is 2.27. The summed E-state index contributed by atoms with van der Waals surface area (Å²) in [6.45, 7) is 5.88. The summed E-state index contributed by atoms with van der Waals surface area (Å²) in [5, 5.41) is 12.3. The summed E-state index contributed by atoms with van der Waals surface area (Å²) in [6, 6.07) is 7.70. The maximum atomic E-state index is 12.8. The molecule has 0 radical (unpaired) electrons. The third-order valence-corrected chi connectivity index (χ3v) is 6.24. The lowest BCUT2D eigenvalue weighted by molar-refractivity contribution is -0.119. The third-order valence-electron chi connectivity index (χ3n) is 6.24. The van der Waals surface area contributed by atoms with Gasteiger partial charge in [0.25, 0.3) is 5.56 Å². The van der Waals surface area contributed by atoms with Crippen LogP contribution < -0.4 is 10.9 Å². The molecule has 0 saturated heterocycles. The molecule has 32 heavy (non-hydrogen) atoms. The molecule has 1 saturated carbocycles. The summed E-state index contributed by atoms with van der Waals surface area (Å²) in [4.78, 5) is 33.0. The first-order valence-electron chi connectivity index (χ1n) is 10.8. The molecular formula is C23H25N7O2. The number of carbonyl (C=O) groups is 1. The first-order valence-corrected chi connectivity index (χ1v) is 10.8. The van der Waals surface area contributed by atoms with E-state index >= 15 is 0 Å². The second-order valence-corrected chi connectivity index (χ2v) is 8.46. The van der Waals surface area contributed by atoms with Crippen LogP contribution in [0, 0.1) is 26.7 Å². The molecule has 0 unspecified atom stereocenters. The number of amides is 1. The smallest absolute Gasteiger partial charge is 0.263 e. The summed E-state index contributed by atoms with van der Waals surface area (Å²) in [6.07, 6.45) is 5.46. The fraction of sp³-hybridized carbons (Fsp3) is 0.348. The predicted molar refractivity (Wildman–Crippen MR) is 121 cm³/mol. The summed E-state index contributed by atoms with van der Waals surface area (Å²) in [7, 11) is 0. The zero-order valence-corrected chi connectivity index (χ0v) is 18.3. The minimum absolute atomic E-state index is 0.0128. The van der Waals surface area contributed by atoms with E-state index in [1.165, 1.54) is 10.9 Å². The molecule has 1 aliphatic rings. The molecule has 1 fully saturated rings. The van der Waals surface area contributed by atoms with E-state index < -0.39 is 0 Å². The van der Waals surface area contributed by atoms with Crippen molar-refractivity contribution in [3.8, 4) is 11.6 Å². The van der Waals surface area contributed by atoms with Crippen molar-refractivity contribution >= 4 is 22.8 Å². The van der Waals surface area contributed by atoms with Crippen LogP contribution in [0.4, 0.5) is 5.82 Å². The average Bonchev–Trinajstić information content (AvgIpc) is 3.50. The van der Waals surface area contributed by atoms with Gasteiger partial charge in [0, 0.05) is 12.0 Å². The molecule has 5 rings (SSSR count). The standard InChI is InChI=1S/C23H25N7O2/c1-13-7-6-10-18(15(13)3)29-20-17(12-24-29)22(32)27-23(26-20)30-19(11-14(2)28-30)25-21(31)16-8-4-5-9-16/h6-7,10-12,16H,4-5,8-9H2,1-3H3,(H,25,31)(H,26,27,32). The van der Waals surface area contributed by atoms with Gasteiger partial charge >= 0.3 is 0 Å². The van der Waals surface area contributed by atoms with Gasteiger partial charge in [-0.3, -0.25) is 14.6 Å². The number of aryl methyl sites for hydroxylation is 2. The Balaban J connectivity index is 1.61. The van der Waals surface area contributed by atoms with Crippen molar-refractivity contribution in [2.24, 2.45) is 5.92 Å². The van der Waals surface area contributed by atoms with Gasteiger partial charge in [-0.15, -0.1) is 0 Å². The van der Waals surface area contributed by atoms with Gasteiger partial charge in [0.1, 0.15) is 11.2 Å². The van der Waals surface area contributed by atoms with Gasteiger partial charge in [0.2, 0.25) is 11.9 Å². The van der Waals surface area contributed by atoms with Crippen molar-refractivity contribution in [1.82, 2.24) is 29.5 Å². The number of carbonyl (C=O) groups excluding carboxylic acids is 1. The van der Waals surface area contributed by atoms with Crippen molar-refractivity contribution in [2.75, 3.05) is 5.32 Å². The van der Waals surface area contributed by atoms with Crippen LogP contribution in [-0.2, 0) is 4.79 Å². The molecule has 9 heteroatoms. The van der Waals surface area contributed by atoms with E-state index in [9.17, 15) is 9.59 Å². The molecule has 2 N–H and O–H groups in total. The monoisotopic (exact) mass is 431 g/mol. The topological polar surface area (TPSA) is 110 Å². The van der Waals surface area contributed by atoms with Crippen LogP contribution >= 0.6 is 0 Å². The highest BCUT2D eigenvalue weighted by atomic mass is 16.2. The van der Waals surface area contributed by atoms with Crippen molar-refractivity contribution in [3.05, 3.63) is 57.6 Å². The molecular weight excluding hydrogens is 406 g/mol. The second kappa shape index (κ2) is 7.74. The SMILES string of the molecule is Cc1cc(NC(=O)C2CCCC2)n(-c2nc3c(cnn3-c3cccc(C)c3C)c(=O)[nH]2)n1. The highest BCUT2D eigenvalue weighted by Gasteiger charge is 2.24. The van der Waals surface area contributed by atoms with Gasteiger partial charge in [-0.1, -0.05) is 25.0 Å². The minimum Gasteiger partial charge on any atom is -0.310 e. The number of nitrogens with one attached hydrogen (secondary N) is 2. The maximum Gasteiger partial charge on any atom is 0.263 e. The Morgan fingerprint density at radius 3 is 2.72 bits per heavy atom. The Hall–Kier alpha value is -3.75. The number of rotatable bonds is 4. The number of aromatic nitrogens is 6. The van der Waals surface area contributed by atoms with Crippen LogP contribution in [0.15, 0.2) is 35.3 Å². The largest absolute Gasteiger partial charge is 0.310 e. The van der Waals surface area contributed by atoms with Gasteiger partial charge in [-0.25, -0.2) is 4.68 Å². The van der Waals surface area contributed by atoms with E-state index in [0.29, 0.717) is 22.5 Å². The first kappa shape index (κ1) is 20.2. The molecule has 4 aromatic rings. The molecule has 3 heterocycles. The third kappa shape index (κ3) is 3.39. The molecule has 3 aromatic heterocycles. The molecule has 0 atom stereocenters.